The van der Waals surface area contributed by atoms with E-state index in [1.54, 1.807) is 6.20 Å². The van der Waals surface area contributed by atoms with Crippen LogP contribution >= 0.6 is 24.8 Å². The van der Waals surface area contributed by atoms with E-state index in [1.807, 2.05) is 30.0 Å². The summed E-state index contributed by atoms with van der Waals surface area (Å²) in [6.45, 7) is 4.74. The first-order valence-electron chi connectivity index (χ1n) is 6.68. The van der Waals surface area contributed by atoms with Gasteiger partial charge in [-0.15, -0.1) is 24.8 Å². The van der Waals surface area contributed by atoms with Crippen molar-refractivity contribution in [2.24, 2.45) is 5.92 Å². The highest BCUT2D eigenvalue weighted by atomic mass is 35.5. The summed E-state index contributed by atoms with van der Waals surface area (Å²) in [7, 11) is 0. The second kappa shape index (κ2) is 9.97. The third-order valence-electron chi connectivity index (χ3n) is 3.22. The highest BCUT2D eigenvalue weighted by Crippen LogP contribution is 2.27. The molecular formula is C14H23Cl2N3O. The summed E-state index contributed by atoms with van der Waals surface area (Å²) in [5.74, 6) is 0.965. The number of nitrogens with one attached hydrogen (secondary N) is 1. The molecule has 1 saturated carbocycles. The first-order chi connectivity index (χ1) is 8.79. The Morgan fingerprint density at radius 1 is 1.40 bits per heavy atom. The van der Waals surface area contributed by atoms with Crippen molar-refractivity contribution < 1.29 is 4.79 Å². The minimum atomic E-state index is 0. The van der Waals surface area contributed by atoms with Crippen LogP contribution in [0.4, 0.5) is 0 Å². The molecular weight excluding hydrogens is 297 g/mol. The van der Waals surface area contributed by atoms with Gasteiger partial charge in [0.2, 0.25) is 5.91 Å². The summed E-state index contributed by atoms with van der Waals surface area (Å²) in [6.07, 6.45) is 4.39. The number of likely N-dealkylation sites (N-methyl/N-ethyl adjacent to an activating group) is 1. The smallest absolute Gasteiger partial charge is 0.236 e. The quantitative estimate of drug-likeness (QED) is 0.838. The largest absolute Gasteiger partial charge is 0.336 e. The number of hydrogen-bond donors (Lipinski definition) is 1. The lowest BCUT2D eigenvalue weighted by Crippen LogP contribution is -2.38. The van der Waals surface area contributed by atoms with E-state index in [0.717, 1.165) is 24.7 Å². The van der Waals surface area contributed by atoms with Crippen molar-refractivity contribution in [2.45, 2.75) is 26.3 Å². The molecule has 4 nitrogen and oxygen atoms in total. The number of amides is 1. The van der Waals surface area contributed by atoms with Gasteiger partial charge in [0.25, 0.3) is 0 Å². The molecule has 2 rings (SSSR count). The van der Waals surface area contributed by atoms with E-state index in [0.29, 0.717) is 13.1 Å². The molecule has 0 spiro atoms. The molecule has 0 radical (unpaired) electrons. The minimum Gasteiger partial charge on any atom is -0.336 e. The fourth-order valence-corrected chi connectivity index (χ4v) is 1.88. The summed E-state index contributed by atoms with van der Waals surface area (Å²) < 4.78 is 0. The molecule has 114 valence electrons. The van der Waals surface area contributed by atoms with Gasteiger partial charge in [0.05, 0.1) is 18.8 Å². The zero-order valence-corrected chi connectivity index (χ0v) is 13.4. The maximum atomic E-state index is 12.0. The fourth-order valence-electron chi connectivity index (χ4n) is 1.88. The molecule has 1 aromatic rings. The Hall–Kier alpha value is -0.840. The molecule has 0 aromatic carbocycles. The number of carbonyl (C=O) groups is 1. The molecule has 0 atom stereocenters. The first-order valence-corrected chi connectivity index (χ1v) is 6.68. The molecule has 0 unspecified atom stereocenters. The van der Waals surface area contributed by atoms with E-state index >= 15 is 0 Å². The molecule has 1 aromatic heterocycles. The first kappa shape index (κ1) is 19.2. The average Bonchev–Trinajstić information content (AvgIpc) is 3.21. The van der Waals surface area contributed by atoms with Crippen molar-refractivity contribution in [3.63, 3.8) is 0 Å². The molecule has 0 aliphatic heterocycles. The van der Waals surface area contributed by atoms with Crippen LogP contribution in [0.25, 0.3) is 0 Å². The second-order valence-electron chi connectivity index (χ2n) is 4.80. The van der Waals surface area contributed by atoms with E-state index in [9.17, 15) is 4.79 Å². The predicted molar refractivity (Wildman–Crippen MR) is 85.4 cm³/mol. The fraction of sp³-hybridized carbons (Fsp3) is 0.571. The zero-order valence-electron chi connectivity index (χ0n) is 11.7. The molecule has 1 heterocycles. The third-order valence-corrected chi connectivity index (χ3v) is 3.22. The lowest BCUT2D eigenvalue weighted by atomic mass is 10.3. The lowest BCUT2D eigenvalue weighted by molar-refractivity contribution is -0.130. The van der Waals surface area contributed by atoms with E-state index in [2.05, 4.69) is 10.3 Å². The van der Waals surface area contributed by atoms with Crippen molar-refractivity contribution in [1.29, 1.82) is 0 Å². The van der Waals surface area contributed by atoms with E-state index in [4.69, 9.17) is 0 Å². The van der Waals surface area contributed by atoms with Crippen LogP contribution in [-0.2, 0) is 11.3 Å². The summed E-state index contributed by atoms with van der Waals surface area (Å²) in [5.41, 5.74) is 0.940. The van der Waals surface area contributed by atoms with Crippen LogP contribution in [0.2, 0.25) is 0 Å². The standard InChI is InChI=1S/C14H21N3O.2ClH/c1-2-17(11-13-5-3-4-8-16-13)14(18)10-15-9-12-6-7-12;;/h3-5,8,12,15H,2,6-7,9-11H2,1H3;2*1H. The van der Waals surface area contributed by atoms with Crippen LogP contribution in [0.5, 0.6) is 0 Å². The number of pyridine rings is 1. The van der Waals surface area contributed by atoms with E-state index in [-0.39, 0.29) is 30.7 Å². The molecule has 1 amide bonds. The Morgan fingerprint density at radius 3 is 2.70 bits per heavy atom. The van der Waals surface area contributed by atoms with Crippen LogP contribution in [0.3, 0.4) is 0 Å². The van der Waals surface area contributed by atoms with Gasteiger partial charge in [0.1, 0.15) is 0 Å². The van der Waals surface area contributed by atoms with Gasteiger partial charge in [-0.2, -0.15) is 0 Å². The van der Waals surface area contributed by atoms with Crippen LogP contribution < -0.4 is 5.32 Å². The summed E-state index contributed by atoms with van der Waals surface area (Å²) in [4.78, 5) is 18.1. The Morgan fingerprint density at radius 2 is 2.15 bits per heavy atom. The molecule has 1 aliphatic rings. The van der Waals surface area contributed by atoms with Gasteiger partial charge in [0.15, 0.2) is 0 Å². The number of rotatable bonds is 7. The molecule has 20 heavy (non-hydrogen) atoms. The number of hydrogen-bond acceptors (Lipinski definition) is 3. The summed E-state index contributed by atoms with van der Waals surface area (Å²) in [6, 6.07) is 5.79. The van der Waals surface area contributed by atoms with Crippen molar-refractivity contribution in [2.75, 3.05) is 19.6 Å². The van der Waals surface area contributed by atoms with Gasteiger partial charge in [-0.05, 0) is 44.4 Å². The number of aromatic nitrogens is 1. The van der Waals surface area contributed by atoms with Gasteiger partial charge < -0.3 is 10.2 Å². The van der Waals surface area contributed by atoms with Crippen molar-refractivity contribution in [3.8, 4) is 0 Å². The second-order valence-corrected chi connectivity index (χ2v) is 4.80. The van der Waals surface area contributed by atoms with Gasteiger partial charge in [-0.25, -0.2) is 0 Å². The zero-order chi connectivity index (χ0) is 12.8. The van der Waals surface area contributed by atoms with Crippen LogP contribution in [0.1, 0.15) is 25.5 Å². The SMILES string of the molecule is CCN(Cc1ccccn1)C(=O)CNCC1CC1.Cl.Cl. The van der Waals surface area contributed by atoms with Crippen LogP contribution in [-0.4, -0.2) is 35.4 Å². The third kappa shape index (κ3) is 6.55. The molecule has 1 N–H and O–H groups in total. The van der Waals surface area contributed by atoms with Crippen molar-refractivity contribution >= 4 is 30.7 Å². The predicted octanol–water partition coefficient (Wildman–Crippen LogP) is 2.27. The van der Waals surface area contributed by atoms with Gasteiger partial charge in [0, 0.05) is 12.7 Å². The molecule has 1 fully saturated rings. The highest BCUT2D eigenvalue weighted by molar-refractivity contribution is 5.85. The summed E-state index contributed by atoms with van der Waals surface area (Å²) >= 11 is 0. The number of nitrogens with zero attached hydrogens (tertiary/aromatic N) is 2. The molecule has 1 aliphatic carbocycles. The van der Waals surface area contributed by atoms with Crippen molar-refractivity contribution in [1.82, 2.24) is 15.2 Å². The minimum absolute atomic E-state index is 0. The van der Waals surface area contributed by atoms with E-state index in [1.165, 1.54) is 12.8 Å². The molecule has 0 bridgehead atoms. The Balaban J connectivity index is 0.00000180. The van der Waals surface area contributed by atoms with E-state index < -0.39 is 0 Å². The maximum absolute atomic E-state index is 12.0. The van der Waals surface area contributed by atoms with Crippen LogP contribution in [0.15, 0.2) is 24.4 Å². The number of carbonyl (C=O) groups excluding carboxylic acids is 1. The lowest BCUT2D eigenvalue weighted by Gasteiger charge is -2.20. The Bertz CT molecular complexity index is 385. The average molecular weight is 320 g/mol. The van der Waals surface area contributed by atoms with Gasteiger partial charge in [-0.1, -0.05) is 6.07 Å². The Kier molecular flexibility index (Phi) is 9.55. The maximum Gasteiger partial charge on any atom is 0.236 e. The number of halogens is 2. The van der Waals surface area contributed by atoms with Crippen LogP contribution in [0, 0.1) is 5.92 Å². The molecule has 6 heteroatoms. The molecule has 0 saturated heterocycles. The normalized spacial score (nSPS) is 13.1. The Labute approximate surface area is 133 Å². The van der Waals surface area contributed by atoms with Gasteiger partial charge >= 0.3 is 0 Å². The summed E-state index contributed by atoms with van der Waals surface area (Å²) in [5, 5.41) is 3.24. The van der Waals surface area contributed by atoms with Gasteiger partial charge in [-0.3, -0.25) is 9.78 Å². The topological polar surface area (TPSA) is 45.2 Å². The highest BCUT2D eigenvalue weighted by Gasteiger charge is 2.21. The monoisotopic (exact) mass is 319 g/mol. The van der Waals surface area contributed by atoms with Crippen molar-refractivity contribution in [3.05, 3.63) is 30.1 Å².